The summed E-state index contributed by atoms with van der Waals surface area (Å²) in [5.41, 5.74) is 6.56. The molecule has 0 aromatic heterocycles. The van der Waals surface area contributed by atoms with Crippen LogP contribution in [0.3, 0.4) is 0 Å². The number of nitrogens with zero attached hydrogens (tertiary/aromatic N) is 1. The second-order valence-corrected chi connectivity index (χ2v) is 5.20. The van der Waals surface area contributed by atoms with E-state index in [1.807, 2.05) is 19.9 Å². The van der Waals surface area contributed by atoms with Gasteiger partial charge < -0.3 is 15.8 Å². The van der Waals surface area contributed by atoms with Gasteiger partial charge in [-0.15, -0.1) is 24.0 Å². The van der Waals surface area contributed by atoms with Gasteiger partial charge in [0.25, 0.3) is 0 Å². The van der Waals surface area contributed by atoms with E-state index in [1.54, 1.807) is 12.1 Å². The Morgan fingerprint density at radius 3 is 2.70 bits per heavy atom. The lowest BCUT2D eigenvalue weighted by molar-refractivity contribution is 0.128. The largest absolute Gasteiger partial charge is 0.375 e. The SMILES string of the molecule is CC(C)NC(N)=NCCOCc1ccc(Cl)cc1Cl.I. The summed E-state index contributed by atoms with van der Waals surface area (Å²) in [6, 6.07) is 5.61. The summed E-state index contributed by atoms with van der Waals surface area (Å²) in [4.78, 5) is 4.14. The highest BCUT2D eigenvalue weighted by Crippen LogP contribution is 2.21. The highest BCUT2D eigenvalue weighted by molar-refractivity contribution is 14.0. The molecule has 3 N–H and O–H groups in total. The fourth-order valence-corrected chi connectivity index (χ4v) is 1.86. The number of rotatable bonds is 6. The van der Waals surface area contributed by atoms with Gasteiger partial charge in [-0.2, -0.15) is 0 Å². The van der Waals surface area contributed by atoms with Gasteiger partial charge in [0.2, 0.25) is 0 Å². The number of benzene rings is 1. The van der Waals surface area contributed by atoms with Crippen LogP contribution >= 0.6 is 47.2 Å². The second-order valence-electron chi connectivity index (χ2n) is 4.35. The lowest BCUT2D eigenvalue weighted by atomic mass is 10.2. The average molecular weight is 432 g/mol. The molecule has 0 atom stereocenters. The third-order valence-electron chi connectivity index (χ3n) is 2.23. The lowest BCUT2D eigenvalue weighted by Crippen LogP contribution is -2.37. The molecule has 0 spiro atoms. The van der Waals surface area contributed by atoms with Gasteiger partial charge in [-0.05, 0) is 31.5 Å². The van der Waals surface area contributed by atoms with Crippen molar-refractivity contribution in [1.29, 1.82) is 0 Å². The van der Waals surface area contributed by atoms with Crippen LogP contribution in [0, 0.1) is 0 Å². The molecule has 20 heavy (non-hydrogen) atoms. The van der Waals surface area contributed by atoms with Gasteiger partial charge in [0, 0.05) is 16.1 Å². The molecule has 0 heterocycles. The second kappa shape index (κ2) is 10.5. The molecule has 1 aromatic rings. The molecule has 7 heteroatoms. The summed E-state index contributed by atoms with van der Waals surface area (Å²) < 4.78 is 5.48. The van der Waals surface area contributed by atoms with E-state index in [0.29, 0.717) is 35.8 Å². The highest BCUT2D eigenvalue weighted by Gasteiger charge is 2.01. The topological polar surface area (TPSA) is 59.6 Å². The monoisotopic (exact) mass is 431 g/mol. The molecule has 4 nitrogen and oxygen atoms in total. The van der Waals surface area contributed by atoms with Crippen molar-refractivity contribution in [2.24, 2.45) is 10.7 Å². The zero-order chi connectivity index (χ0) is 14.3. The Bertz CT molecular complexity index is 442. The third-order valence-corrected chi connectivity index (χ3v) is 2.81. The molecule has 1 aromatic carbocycles. The average Bonchev–Trinajstić information content (AvgIpc) is 2.30. The fraction of sp³-hybridized carbons (Fsp3) is 0.462. The minimum atomic E-state index is 0. The predicted octanol–water partition coefficient (Wildman–Crippen LogP) is 3.44. The summed E-state index contributed by atoms with van der Waals surface area (Å²) in [6.07, 6.45) is 0. The van der Waals surface area contributed by atoms with Crippen molar-refractivity contribution in [3.8, 4) is 0 Å². The Morgan fingerprint density at radius 2 is 2.10 bits per heavy atom. The highest BCUT2D eigenvalue weighted by atomic mass is 127. The van der Waals surface area contributed by atoms with E-state index in [2.05, 4.69) is 10.3 Å². The minimum absolute atomic E-state index is 0. The van der Waals surface area contributed by atoms with Crippen molar-refractivity contribution < 1.29 is 4.74 Å². The normalized spacial score (nSPS) is 11.3. The van der Waals surface area contributed by atoms with Crippen LogP contribution in [0.2, 0.25) is 10.0 Å². The van der Waals surface area contributed by atoms with Gasteiger partial charge in [-0.25, -0.2) is 0 Å². The van der Waals surface area contributed by atoms with Crippen LogP contribution in [0.25, 0.3) is 0 Å². The number of guanidine groups is 1. The first-order valence-electron chi connectivity index (χ1n) is 6.07. The van der Waals surface area contributed by atoms with E-state index in [-0.39, 0.29) is 30.0 Å². The molecule has 0 amide bonds. The Balaban J connectivity index is 0.00000361. The predicted molar refractivity (Wildman–Crippen MR) is 96.3 cm³/mol. The maximum Gasteiger partial charge on any atom is 0.188 e. The number of halogens is 3. The molecular weight excluding hydrogens is 412 g/mol. The zero-order valence-corrected chi connectivity index (χ0v) is 15.4. The number of hydrogen-bond donors (Lipinski definition) is 2. The smallest absolute Gasteiger partial charge is 0.188 e. The number of ether oxygens (including phenoxy) is 1. The van der Waals surface area contributed by atoms with Gasteiger partial charge in [-0.3, -0.25) is 4.99 Å². The van der Waals surface area contributed by atoms with Crippen LogP contribution in [0.1, 0.15) is 19.4 Å². The van der Waals surface area contributed by atoms with Crippen molar-refractivity contribution in [3.05, 3.63) is 33.8 Å². The Kier molecular flexibility index (Phi) is 10.4. The van der Waals surface area contributed by atoms with E-state index in [0.717, 1.165) is 5.56 Å². The fourth-order valence-electron chi connectivity index (χ4n) is 1.39. The molecule has 114 valence electrons. The van der Waals surface area contributed by atoms with Crippen LogP contribution in [0.5, 0.6) is 0 Å². The van der Waals surface area contributed by atoms with Crippen LogP contribution < -0.4 is 11.1 Å². The molecule has 0 fully saturated rings. The quantitative estimate of drug-likeness (QED) is 0.314. The summed E-state index contributed by atoms with van der Waals surface area (Å²) in [5.74, 6) is 0.433. The molecule has 0 aliphatic rings. The molecule has 1 rings (SSSR count). The van der Waals surface area contributed by atoms with Crippen molar-refractivity contribution >= 4 is 53.1 Å². The summed E-state index contributed by atoms with van der Waals surface area (Å²) in [6.45, 7) is 5.43. The Hall–Kier alpha value is -0.240. The number of nitrogens with one attached hydrogen (secondary N) is 1. The lowest BCUT2D eigenvalue weighted by Gasteiger charge is -2.09. The van der Waals surface area contributed by atoms with Gasteiger partial charge in [0.15, 0.2) is 5.96 Å². The number of hydrogen-bond acceptors (Lipinski definition) is 2. The van der Waals surface area contributed by atoms with E-state index in [9.17, 15) is 0 Å². The van der Waals surface area contributed by atoms with Crippen LogP contribution in [-0.2, 0) is 11.3 Å². The summed E-state index contributed by atoms with van der Waals surface area (Å²) in [7, 11) is 0. The van der Waals surface area contributed by atoms with Gasteiger partial charge in [-0.1, -0.05) is 29.3 Å². The number of aliphatic imine (C=N–C) groups is 1. The van der Waals surface area contributed by atoms with Crippen LogP contribution in [-0.4, -0.2) is 25.2 Å². The maximum atomic E-state index is 6.03. The van der Waals surface area contributed by atoms with Gasteiger partial charge in [0.05, 0.1) is 19.8 Å². The van der Waals surface area contributed by atoms with Gasteiger partial charge in [0.1, 0.15) is 0 Å². The molecule has 0 unspecified atom stereocenters. The minimum Gasteiger partial charge on any atom is -0.375 e. The molecular formula is C13H20Cl2IN3O. The molecule has 0 aliphatic carbocycles. The van der Waals surface area contributed by atoms with Crippen molar-refractivity contribution in [1.82, 2.24) is 5.32 Å². The zero-order valence-electron chi connectivity index (χ0n) is 11.5. The number of nitrogens with two attached hydrogens (primary N) is 1. The molecule has 0 radical (unpaired) electrons. The van der Waals surface area contributed by atoms with Crippen LogP contribution in [0.4, 0.5) is 0 Å². The van der Waals surface area contributed by atoms with E-state index >= 15 is 0 Å². The first-order valence-corrected chi connectivity index (χ1v) is 6.82. The summed E-state index contributed by atoms with van der Waals surface area (Å²) >= 11 is 11.8. The molecule has 0 saturated heterocycles. The Labute approximate surface area is 147 Å². The van der Waals surface area contributed by atoms with Crippen molar-refractivity contribution in [2.75, 3.05) is 13.2 Å². The van der Waals surface area contributed by atoms with E-state index in [1.165, 1.54) is 0 Å². The van der Waals surface area contributed by atoms with E-state index < -0.39 is 0 Å². The van der Waals surface area contributed by atoms with Crippen LogP contribution in [0.15, 0.2) is 23.2 Å². The van der Waals surface area contributed by atoms with E-state index in [4.69, 9.17) is 33.7 Å². The maximum absolute atomic E-state index is 6.03. The van der Waals surface area contributed by atoms with Gasteiger partial charge >= 0.3 is 0 Å². The molecule has 0 bridgehead atoms. The first-order chi connectivity index (χ1) is 8.99. The Morgan fingerprint density at radius 1 is 1.40 bits per heavy atom. The standard InChI is InChI=1S/C13H19Cl2N3O.HI/c1-9(2)18-13(16)17-5-6-19-8-10-3-4-11(14)7-12(10)15;/h3-4,7,9H,5-6,8H2,1-2H3,(H3,16,17,18);1H. The third kappa shape index (κ3) is 8.14. The first kappa shape index (κ1) is 19.8. The van der Waals surface area contributed by atoms with Crippen molar-refractivity contribution in [2.45, 2.75) is 26.5 Å². The van der Waals surface area contributed by atoms with Crippen molar-refractivity contribution in [3.63, 3.8) is 0 Å². The summed E-state index contributed by atoms with van der Waals surface area (Å²) in [5, 5.41) is 4.23. The molecule has 0 aliphatic heterocycles. The molecule has 0 saturated carbocycles.